The lowest BCUT2D eigenvalue weighted by molar-refractivity contribution is -0.150. The number of hydroxylamine groups is 1. The van der Waals surface area contributed by atoms with Gasteiger partial charge in [0.25, 0.3) is 0 Å². The van der Waals surface area contributed by atoms with Crippen LogP contribution < -0.4 is 5.48 Å². The molecule has 0 saturated carbocycles. The van der Waals surface area contributed by atoms with Gasteiger partial charge in [-0.15, -0.1) is 0 Å². The normalized spacial score (nSPS) is 15.2. The van der Waals surface area contributed by atoms with Gasteiger partial charge in [-0.3, -0.25) is 9.69 Å². The van der Waals surface area contributed by atoms with Crippen LogP contribution in [0.25, 0.3) is 0 Å². The van der Waals surface area contributed by atoms with E-state index < -0.39 is 5.97 Å². The Morgan fingerprint density at radius 3 is 2.55 bits per heavy atom. The molecule has 0 atom stereocenters. The van der Waals surface area contributed by atoms with E-state index in [1.54, 1.807) is 0 Å². The van der Waals surface area contributed by atoms with Gasteiger partial charge in [0, 0.05) is 25.2 Å². The number of benzene rings is 1. The molecular weight excluding hydrogens is 280 g/mol. The van der Waals surface area contributed by atoms with Crippen LogP contribution in [0.3, 0.4) is 0 Å². The molecule has 1 fully saturated rings. The van der Waals surface area contributed by atoms with E-state index in [2.05, 4.69) is 29.2 Å². The molecule has 1 aliphatic rings. The minimum absolute atomic E-state index is 0.359. The van der Waals surface area contributed by atoms with Crippen molar-refractivity contribution in [3.63, 3.8) is 0 Å². The molecule has 1 aliphatic heterocycles. The molecule has 5 nitrogen and oxygen atoms in total. The number of hydrogen-bond acceptors (Lipinski definition) is 4. The lowest BCUT2D eigenvalue weighted by Gasteiger charge is -2.29. The summed E-state index contributed by atoms with van der Waals surface area (Å²) >= 11 is 0. The molecule has 5 heteroatoms. The maximum Gasteiger partial charge on any atom is 0.358 e. The predicted molar refractivity (Wildman–Crippen MR) is 83.6 cm³/mol. The highest BCUT2D eigenvalue weighted by atomic mass is 16.7. The topological polar surface area (TPSA) is 58.6 Å². The van der Waals surface area contributed by atoms with E-state index in [0.29, 0.717) is 18.4 Å². The van der Waals surface area contributed by atoms with Crippen LogP contribution in [-0.4, -0.2) is 30.4 Å². The Morgan fingerprint density at radius 1 is 1.27 bits per heavy atom. The number of rotatable bonds is 6. The Hall–Kier alpha value is -2.14. The van der Waals surface area contributed by atoms with Gasteiger partial charge in [0.1, 0.15) is 0 Å². The van der Waals surface area contributed by atoms with Crippen LogP contribution in [0.15, 0.2) is 41.5 Å². The Bertz CT molecular complexity index is 530. The molecule has 0 aromatic heterocycles. The van der Waals surface area contributed by atoms with Crippen LogP contribution in [-0.2, 0) is 21.0 Å². The number of hydrogen-bond donors (Lipinski definition) is 1. The zero-order chi connectivity index (χ0) is 15.8. The standard InChI is InChI=1S/C17H22N2O3/c1-2-16(17(21)22-18-13-20)15-8-10-19(11-9-15)12-14-6-4-3-5-7-14/h3-7,13H,2,8-12H2,1H3,(H,18,20). The van der Waals surface area contributed by atoms with Gasteiger partial charge in [0.05, 0.1) is 0 Å². The second kappa shape index (κ2) is 8.34. The van der Waals surface area contributed by atoms with E-state index in [9.17, 15) is 9.59 Å². The second-order valence-corrected chi connectivity index (χ2v) is 5.32. The first kappa shape index (κ1) is 16.2. The molecule has 1 aromatic rings. The van der Waals surface area contributed by atoms with Crippen molar-refractivity contribution in [2.45, 2.75) is 32.7 Å². The molecule has 0 aliphatic carbocycles. The highest BCUT2D eigenvalue weighted by Crippen LogP contribution is 2.23. The third-order valence-corrected chi connectivity index (χ3v) is 3.94. The maximum absolute atomic E-state index is 11.9. The summed E-state index contributed by atoms with van der Waals surface area (Å²) in [5, 5.41) is 0. The average Bonchev–Trinajstić information content (AvgIpc) is 2.56. The molecule has 1 heterocycles. The average molecular weight is 302 g/mol. The number of nitrogens with zero attached hydrogens (tertiary/aromatic N) is 1. The smallest absolute Gasteiger partial charge is 0.336 e. The molecule has 1 aromatic carbocycles. The second-order valence-electron chi connectivity index (χ2n) is 5.32. The van der Waals surface area contributed by atoms with Crippen LogP contribution in [0, 0.1) is 0 Å². The maximum atomic E-state index is 11.9. The molecule has 22 heavy (non-hydrogen) atoms. The molecule has 118 valence electrons. The van der Waals surface area contributed by atoms with E-state index >= 15 is 0 Å². The molecule has 0 radical (unpaired) electrons. The molecule has 1 N–H and O–H groups in total. The number of likely N-dealkylation sites (tertiary alicyclic amines) is 1. The number of nitrogens with one attached hydrogen (secondary N) is 1. The molecule has 0 unspecified atom stereocenters. The summed E-state index contributed by atoms with van der Waals surface area (Å²) in [6.45, 7) is 4.73. The van der Waals surface area contributed by atoms with Crippen molar-refractivity contribution in [3.8, 4) is 0 Å². The first-order valence-electron chi connectivity index (χ1n) is 7.62. The van der Waals surface area contributed by atoms with Gasteiger partial charge in [0.15, 0.2) is 0 Å². The largest absolute Gasteiger partial charge is 0.358 e. The zero-order valence-electron chi connectivity index (χ0n) is 12.9. The minimum Gasteiger partial charge on any atom is -0.336 e. The van der Waals surface area contributed by atoms with Gasteiger partial charge in [-0.2, -0.15) is 5.48 Å². The Balaban J connectivity index is 1.93. The highest BCUT2D eigenvalue weighted by molar-refractivity contribution is 5.89. The van der Waals surface area contributed by atoms with E-state index in [1.165, 1.54) is 5.56 Å². The van der Waals surface area contributed by atoms with E-state index in [-0.39, 0.29) is 0 Å². The quantitative estimate of drug-likeness (QED) is 0.497. The lowest BCUT2D eigenvalue weighted by Crippen LogP contribution is -2.31. The van der Waals surface area contributed by atoms with Gasteiger partial charge < -0.3 is 4.84 Å². The summed E-state index contributed by atoms with van der Waals surface area (Å²) in [7, 11) is 0. The van der Waals surface area contributed by atoms with Gasteiger partial charge in [-0.05, 0) is 24.8 Å². The Morgan fingerprint density at radius 2 is 1.95 bits per heavy atom. The fourth-order valence-corrected chi connectivity index (χ4v) is 2.80. The minimum atomic E-state index is -0.443. The SMILES string of the molecule is CCC(C(=O)ONC=O)=C1CCN(Cc2ccccc2)CC1. The first-order valence-corrected chi connectivity index (χ1v) is 7.62. The third-order valence-electron chi connectivity index (χ3n) is 3.94. The van der Waals surface area contributed by atoms with Gasteiger partial charge in [-0.25, -0.2) is 4.79 Å². The molecule has 2 rings (SSSR count). The predicted octanol–water partition coefficient (Wildman–Crippen LogP) is 2.19. The summed E-state index contributed by atoms with van der Waals surface area (Å²) in [6.07, 6.45) is 2.71. The summed E-state index contributed by atoms with van der Waals surface area (Å²) < 4.78 is 0. The van der Waals surface area contributed by atoms with Crippen molar-refractivity contribution in [1.82, 2.24) is 10.4 Å². The van der Waals surface area contributed by atoms with Crippen LogP contribution in [0.5, 0.6) is 0 Å². The number of carbonyl (C=O) groups is 2. The van der Waals surface area contributed by atoms with E-state index in [4.69, 9.17) is 4.84 Å². The van der Waals surface area contributed by atoms with Gasteiger partial charge >= 0.3 is 5.97 Å². The van der Waals surface area contributed by atoms with Crippen molar-refractivity contribution in [2.75, 3.05) is 13.1 Å². The summed E-state index contributed by atoms with van der Waals surface area (Å²) in [5.74, 6) is -0.443. The van der Waals surface area contributed by atoms with Crippen molar-refractivity contribution in [1.29, 1.82) is 0 Å². The number of carbonyl (C=O) groups excluding carboxylic acids is 2. The molecule has 0 spiro atoms. The summed E-state index contributed by atoms with van der Waals surface area (Å²) in [4.78, 5) is 29.2. The monoisotopic (exact) mass is 302 g/mol. The molecular formula is C17H22N2O3. The van der Waals surface area contributed by atoms with Crippen LogP contribution in [0.4, 0.5) is 0 Å². The van der Waals surface area contributed by atoms with E-state index in [0.717, 1.165) is 38.0 Å². The fraction of sp³-hybridized carbons (Fsp3) is 0.412. The summed E-state index contributed by atoms with van der Waals surface area (Å²) in [5.41, 5.74) is 5.11. The lowest BCUT2D eigenvalue weighted by atomic mass is 9.96. The van der Waals surface area contributed by atoms with Gasteiger partial charge in [-0.1, -0.05) is 42.8 Å². The fourth-order valence-electron chi connectivity index (χ4n) is 2.80. The number of piperidine rings is 1. The van der Waals surface area contributed by atoms with Crippen molar-refractivity contribution in [3.05, 3.63) is 47.0 Å². The molecule has 1 saturated heterocycles. The van der Waals surface area contributed by atoms with Crippen LogP contribution in [0.1, 0.15) is 31.7 Å². The zero-order valence-corrected chi connectivity index (χ0v) is 12.9. The number of amides is 1. The van der Waals surface area contributed by atoms with Crippen LogP contribution >= 0.6 is 0 Å². The van der Waals surface area contributed by atoms with E-state index in [1.807, 2.05) is 18.5 Å². The summed E-state index contributed by atoms with van der Waals surface area (Å²) in [6, 6.07) is 10.4. The van der Waals surface area contributed by atoms with Gasteiger partial charge in [0.2, 0.25) is 6.41 Å². The third kappa shape index (κ3) is 4.43. The Labute approximate surface area is 130 Å². The van der Waals surface area contributed by atoms with Crippen molar-refractivity contribution >= 4 is 12.4 Å². The molecule has 1 amide bonds. The van der Waals surface area contributed by atoms with Crippen molar-refractivity contribution < 1.29 is 14.4 Å². The van der Waals surface area contributed by atoms with Crippen molar-refractivity contribution in [2.24, 2.45) is 0 Å². The molecule has 0 bridgehead atoms. The first-order chi connectivity index (χ1) is 10.7. The van der Waals surface area contributed by atoms with Crippen LogP contribution in [0.2, 0.25) is 0 Å². The Kier molecular flexibility index (Phi) is 6.15. The highest BCUT2D eigenvalue weighted by Gasteiger charge is 2.20.